The molecule has 0 saturated heterocycles. The Balaban J connectivity index is 1.11. The van der Waals surface area contributed by atoms with Crippen LogP contribution in [0.25, 0.3) is 87.6 Å². The van der Waals surface area contributed by atoms with Gasteiger partial charge in [-0.3, -0.25) is 0 Å². The van der Waals surface area contributed by atoms with E-state index in [1.807, 2.05) is 0 Å². The molecular formula is C56H38N2. The van der Waals surface area contributed by atoms with E-state index < -0.39 is 0 Å². The molecular weight excluding hydrogens is 701 g/mol. The predicted octanol–water partition coefficient (Wildman–Crippen LogP) is 14.6. The van der Waals surface area contributed by atoms with Crippen molar-refractivity contribution in [1.82, 2.24) is 4.57 Å². The first-order chi connectivity index (χ1) is 28.7. The average Bonchev–Trinajstić information content (AvgIpc) is 3.63. The highest BCUT2D eigenvalue weighted by atomic mass is 15.2. The van der Waals surface area contributed by atoms with E-state index >= 15 is 0 Å². The molecule has 272 valence electrons. The van der Waals surface area contributed by atoms with Crippen molar-refractivity contribution in [3.8, 4) is 27.9 Å². The van der Waals surface area contributed by atoms with Gasteiger partial charge >= 0.3 is 0 Å². The van der Waals surface area contributed by atoms with Crippen LogP contribution in [0.5, 0.6) is 0 Å². The van der Waals surface area contributed by atoms with Gasteiger partial charge in [0.2, 0.25) is 0 Å². The van der Waals surface area contributed by atoms with Crippen LogP contribution in [0, 0.1) is 5.92 Å². The third-order valence-electron chi connectivity index (χ3n) is 13.7. The number of hydrogen-bond donors (Lipinski definition) is 0. The van der Waals surface area contributed by atoms with E-state index in [4.69, 9.17) is 0 Å². The van der Waals surface area contributed by atoms with Crippen LogP contribution in [0.3, 0.4) is 0 Å². The summed E-state index contributed by atoms with van der Waals surface area (Å²) in [6, 6.07) is 65.4. The molecule has 0 N–H and O–H groups in total. The maximum absolute atomic E-state index is 2.65. The molecule has 10 aromatic rings. The van der Waals surface area contributed by atoms with E-state index in [9.17, 15) is 0 Å². The van der Waals surface area contributed by atoms with Gasteiger partial charge in [-0.05, 0) is 79.0 Å². The molecule has 2 bridgehead atoms. The zero-order valence-corrected chi connectivity index (χ0v) is 32.2. The highest BCUT2D eigenvalue weighted by Gasteiger charge is 2.50. The van der Waals surface area contributed by atoms with Crippen molar-refractivity contribution in [3.05, 3.63) is 205 Å². The van der Waals surface area contributed by atoms with E-state index in [1.165, 1.54) is 110 Å². The topological polar surface area (TPSA) is 8.17 Å². The molecule has 1 aromatic heterocycles. The van der Waals surface area contributed by atoms with E-state index in [0.29, 0.717) is 5.92 Å². The van der Waals surface area contributed by atoms with Gasteiger partial charge in [-0.1, -0.05) is 177 Å². The van der Waals surface area contributed by atoms with Crippen molar-refractivity contribution in [1.29, 1.82) is 0 Å². The number of hydrogen-bond acceptors (Lipinski definition) is 1. The maximum atomic E-state index is 2.65. The SMILES string of the molecule is CC12C=CC=C3c4ccccc4N(CC31)c1c2c2c(c3ccccc13)c1ccccc1n2-c1ccc(-c2c3ccccc3c(-c3ccccc3)c3ccccc23)cc1. The molecule has 2 heteroatoms. The van der Waals surface area contributed by atoms with E-state index in [-0.39, 0.29) is 5.41 Å². The van der Waals surface area contributed by atoms with Crippen molar-refractivity contribution in [2.45, 2.75) is 12.3 Å². The molecule has 3 aliphatic rings. The summed E-state index contributed by atoms with van der Waals surface area (Å²) in [4.78, 5) is 2.65. The molecule has 2 nitrogen and oxygen atoms in total. The van der Waals surface area contributed by atoms with Crippen molar-refractivity contribution >= 4 is 71.1 Å². The molecule has 0 spiro atoms. The minimum absolute atomic E-state index is 0.212. The standard InChI is InChI=1S/C56H38N2/c1-56-33-15-26-38-39-18-11-13-27-48(39)57(34-47(38)56)54-45-24-10-9-23-44(45)52-46-25-12-14-28-49(46)58(55(52)53(54)56)37-31-29-36(30-32-37)51-42-21-7-5-19-40(42)50(35-16-3-2-4-17-35)41-20-6-8-22-43(41)51/h2-33,47H,34H2,1H3. The van der Waals surface area contributed by atoms with E-state index in [1.54, 1.807) is 0 Å². The summed E-state index contributed by atoms with van der Waals surface area (Å²) in [6.07, 6.45) is 7.20. The summed E-state index contributed by atoms with van der Waals surface area (Å²) in [5, 5.41) is 10.3. The number of benzene rings is 9. The molecule has 0 fully saturated rings. The molecule has 9 aromatic carbocycles. The molecule has 58 heavy (non-hydrogen) atoms. The van der Waals surface area contributed by atoms with Gasteiger partial charge in [-0.15, -0.1) is 0 Å². The first-order valence-corrected chi connectivity index (χ1v) is 20.5. The molecule has 13 rings (SSSR count). The largest absolute Gasteiger partial charge is 0.340 e. The van der Waals surface area contributed by atoms with Gasteiger partial charge < -0.3 is 9.47 Å². The fourth-order valence-corrected chi connectivity index (χ4v) is 11.3. The van der Waals surface area contributed by atoms with Gasteiger partial charge in [0.15, 0.2) is 0 Å². The molecule has 0 amide bonds. The minimum atomic E-state index is -0.212. The van der Waals surface area contributed by atoms with E-state index in [0.717, 1.165) is 6.54 Å². The molecule has 0 saturated carbocycles. The summed E-state index contributed by atoms with van der Waals surface area (Å²) in [5.41, 5.74) is 15.4. The van der Waals surface area contributed by atoms with Crippen LogP contribution in [0.2, 0.25) is 0 Å². The monoisotopic (exact) mass is 738 g/mol. The highest BCUT2D eigenvalue weighted by molar-refractivity contribution is 6.27. The number of aromatic nitrogens is 1. The van der Waals surface area contributed by atoms with Gasteiger partial charge in [0, 0.05) is 56.5 Å². The van der Waals surface area contributed by atoms with Crippen molar-refractivity contribution in [2.24, 2.45) is 5.92 Å². The average molecular weight is 739 g/mol. The first-order valence-electron chi connectivity index (χ1n) is 20.5. The fourth-order valence-electron chi connectivity index (χ4n) is 11.3. The summed E-state index contributed by atoms with van der Waals surface area (Å²) in [5.74, 6) is 0.332. The lowest BCUT2D eigenvalue weighted by Gasteiger charge is -2.53. The van der Waals surface area contributed by atoms with Crippen LogP contribution in [0.4, 0.5) is 11.4 Å². The Morgan fingerprint density at radius 1 is 0.517 bits per heavy atom. The number of fused-ring (bicyclic) bond motifs is 16. The minimum Gasteiger partial charge on any atom is -0.340 e. The Labute approximate surface area is 337 Å². The quantitative estimate of drug-likeness (QED) is 0.164. The van der Waals surface area contributed by atoms with Crippen LogP contribution < -0.4 is 4.90 Å². The second kappa shape index (κ2) is 11.7. The lowest BCUT2D eigenvalue weighted by molar-refractivity contribution is 0.422. The smallest absolute Gasteiger partial charge is 0.0609 e. The lowest BCUT2D eigenvalue weighted by Crippen LogP contribution is -2.48. The Morgan fingerprint density at radius 2 is 1.07 bits per heavy atom. The molecule has 1 aliphatic carbocycles. The predicted molar refractivity (Wildman–Crippen MR) is 246 cm³/mol. The molecule has 2 unspecified atom stereocenters. The fraction of sp³-hybridized carbons (Fsp3) is 0.0714. The Kier molecular flexibility index (Phi) is 6.45. The Hall–Kier alpha value is -7.16. The van der Waals surface area contributed by atoms with Crippen LogP contribution >= 0.6 is 0 Å². The maximum Gasteiger partial charge on any atom is 0.0609 e. The highest BCUT2D eigenvalue weighted by Crippen LogP contribution is 2.61. The summed E-state index contributed by atoms with van der Waals surface area (Å²) in [6.45, 7) is 3.46. The van der Waals surface area contributed by atoms with Crippen LogP contribution in [-0.4, -0.2) is 11.1 Å². The van der Waals surface area contributed by atoms with Crippen molar-refractivity contribution in [2.75, 3.05) is 11.4 Å². The third-order valence-corrected chi connectivity index (χ3v) is 13.7. The third kappa shape index (κ3) is 4.11. The molecule has 2 atom stereocenters. The van der Waals surface area contributed by atoms with E-state index in [2.05, 4.69) is 211 Å². The Morgan fingerprint density at radius 3 is 1.76 bits per heavy atom. The van der Waals surface area contributed by atoms with Crippen molar-refractivity contribution in [3.63, 3.8) is 0 Å². The van der Waals surface area contributed by atoms with Gasteiger partial charge in [0.25, 0.3) is 0 Å². The van der Waals surface area contributed by atoms with Gasteiger partial charge in [0.1, 0.15) is 0 Å². The number of nitrogens with zero attached hydrogens (tertiary/aromatic N) is 2. The molecule has 0 radical (unpaired) electrons. The Bertz CT molecular complexity index is 3380. The number of anilines is 2. The lowest BCUT2D eigenvalue weighted by atomic mass is 9.60. The number of para-hydroxylation sites is 2. The molecule has 2 aliphatic heterocycles. The van der Waals surface area contributed by atoms with Crippen LogP contribution in [-0.2, 0) is 5.41 Å². The first kappa shape index (κ1) is 32.0. The zero-order chi connectivity index (χ0) is 38.1. The van der Waals surface area contributed by atoms with Crippen molar-refractivity contribution < 1.29 is 0 Å². The number of rotatable bonds is 3. The van der Waals surface area contributed by atoms with Gasteiger partial charge in [-0.2, -0.15) is 0 Å². The van der Waals surface area contributed by atoms with Gasteiger partial charge in [0.05, 0.1) is 16.7 Å². The second-order valence-electron chi connectivity index (χ2n) is 16.5. The zero-order valence-electron chi connectivity index (χ0n) is 32.2. The number of allylic oxidation sites excluding steroid dienone is 3. The second-order valence-corrected chi connectivity index (χ2v) is 16.5. The normalized spacial score (nSPS) is 17.9. The molecule has 3 heterocycles. The summed E-state index contributed by atoms with van der Waals surface area (Å²) in [7, 11) is 0. The summed E-state index contributed by atoms with van der Waals surface area (Å²) < 4.78 is 2.58. The van der Waals surface area contributed by atoms with Crippen LogP contribution in [0.1, 0.15) is 18.1 Å². The van der Waals surface area contributed by atoms with Crippen LogP contribution in [0.15, 0.2) is 194 Å². The van der Waals surface area contributed by atoms with Gasteiger partial charge in [-0.25, -0.2) is 0 Å². The summed E-state index contributed by atoms with van der Waals surface area (Å²) >= 11 is 0.